The van der Waals surface area contributed by atoms with Crippen LogP contribution in [0.25, 0.3) is 0 Å². The highest BCUT2D eigenvalue weighted by Crippen LogP contribution is 2.46. The van der Waals surface area contributed by atoms with Crippen molar-refractivity contribution in [3.05, 3.63) is 24.8 Å². The molecular weight excluding hydrogens is 356 g/mol. The van der Waals surface area contributed by atoms with Gasteiger partial charge in [-0.05, 0) is 70.6 Å². The van der Waals surface area contributed by atoms with Crippen molar-refractivity contribution in [3.63, 3.8) is 0 Å². The first-order chi connectivity index (χ1) is 13.8. The van der Waals surface area contributed by atoms with Gasteiger partial charge in [0.2, 0.25) is 0 Å². The molecule has 0 spiro atoms. The van der Waals surface area contributed by atoms with Crippen LogP contribution in [-0.4, -0.2) is 24.9 Å². The Morgan fingerprint density at radius 2 is 1.52 bits per heavy atom. The summed E-state index contributed by atoms with van der Waals surface area (Å²) in [6.07, 6.45) is 17.7. The molecule has 2 saturated heterocycles. The van der Waals surface area contributed by atoms with Crippen LogP contribution < -0.4 is 0 Å². The van der Waals surface area contributed by atoms with Crippen LogP contribution in [0.3, 0.4) is 0 Å². The number of epoxide rings is 2. The molecule has 172 valence electrons. The lowest BCUT2D eigenvalue weighted by molar-refractivity contribution is 0.121. The van der Waals surface area contributed by atoms with E-state index in [0.717, 1.165) is 17.9 Å². The number of rotatable bonds is 4. The Morgan fingerprint density at radius 3 is 1.72 bits per heavy atom. The second-order valence-corrected chi connectivity index (χ2v) is 9.34. The summed E-state index contributed by atoms with van der Waals surface area (Å²) >= 11 is 0. The van der Waals surface area contributed by atoms with Crippen LogP contribution in [0.4, 0.5) is 0 Å². The van der Waals surface area contributed by atoms with Crippen molar-refractivity contribution < 1.29 is 9.47 Å². The summed E-state index contributed by atoms with van der Waals surface area (Å²) in [6.45, 7) is 22.8. The SMILES string of the molecule is C=C(C)C.C=CC.CCC1(CC)CCC1.CCC1CCC2OC2C1.CCC1CO1. The topological polar surface area (TPSA) is 25.1 Å². The molecule has 4 unspecified atom stereocenters. The third-order valence-corrected chi connectivity index (χ3v) is 6.46. The molecule has 4 atom stereocenters. The number of allylic oxidation sites excluding steroid dienone is 2. The van der Waals surface area contributed by atoms with E-state index < -0.39 is 0 Å². The quantitative estimate of drug-likeness (QED) is 0.344. The monoisotopic (exact) mass is 408 g/mol. The van der Waals surface area contributed by atoms with Gasteiger partial charge in [0.25, 0.3) is 0 Å². The van der Waals surface area contributed by atoms with E-state index in [9.17, 15) is 0 Å². The third kappa shape index (κ3) is 14.1. The summed E-state index contributed by atoms with van der Waals surface area (Å²) in [7, 11) is 0. The first-order valence-corrected chi connectivity index (χ1v) is 12.3. The lowest BCUT2D eigenvalue weighted by atomic mass is 9.65. The first kappa shape index (κ1) is 28.4. The van der Waals surface area contributed by atoms with E-state index >= 15 is 0 Å². The molecule has 0 aromatic rings. The Bertz CT molecular complexity index is 403. The maximum atomic E-state index is 5.41. The second-order valence-electron chi connectivity index (χ2n) is 9.34. The number of ether oxygens (including phenoxy) is 2. The van der Waals surface area contributed by atoms with Gasteiger partial charge < -0.3 is 9.47 Å². The summed E-state index contributed by atoms with van der Waals surface area (Å²) in [4.78, 5) is 0. The Hall–Kier alpha value is -0.600. The van der Waals surface area contributed by atoms with Crippen LogP contribution in [0, 0.1) is 11.3 Å². The third-order valence-electron chi connectivity index (χ3n) is 6.46. The van der Waals surface area contributed by atoms with Crippen molar-refractivity contribution >= 4 is 0 Å². The lowest BCUT2D eigenvalue weighted by Crippen LogP contribution is -2.27. The van der Waals surface area contributed by atoms with Crippen molar-refractivity contribution in [1.82, 2.24) is 0 Å². The van der Waals surface area contributed by atoms with Crippen molar-refractivity contribution in [1.29, 1.82) is 0 Å². The molecule has 2 heteroatoms. The molecule has 2 nitrogen and oxygen atoms in total. The molecule has 4 fully saturated rings. The summed E-state index contributed by atoms with van der Waals surface area (Å²) in [5.41, 5.74) is 1.97. The van der Waals surface area contributed by atoms with Crippen LogP contribution >= 0.6 is 0 Å². The Labute approximate surface area is 183 Å². The van der Waals surface area contributed by atoms with Crippen LogP contribution in [0.2, 0.25) is 0 Å². The Balaban J connectivity index is 0.000000360. The second kappa shape index (κ2) is 16.1. The molecule has 0 N–H and O–H groups in total. The molecule has 4 aliphatic rings. The standard InChI is InChI=1S/C8H14O.C8H16.C4H8O.C4H8.C3H6/c1-2-6-3-4-7-8(5-6)9-7;1-3-8(4-2)6-5-7-8;1-2-4-3-5-4;1-4(2)3;1-3-2/h6-8H,2-5H2,1H3;3-7H2,1-2H3;4H,2-3H2,1H3;1H2,2-3H3;3H,1H2,2H3. The van der Waals surface area contributed by atoms with Gasteiger partial charge >= 0.3 is 0 Å². The van der Waals surface area contributed by atoms with Gasteiger partial charge in [-0.25, -0.2) is 0 Å². The summed E-state index contributed by atoms with van der Waals surface area (Å²) in [6, 6.07) is 0. The molecule has 4 rings (SSSR count). The van der Waals surface area contributed by atoms with Crippen LogP contribution in [0.5, 0.6) is 0 Å². The number of hydrogen-bond acceptors (Lipinski definition) is 2. The highest BCUT2D eigenvalue weighted by atomic mass is 16.6. The number of hydrogen-bond donors (Lipinski definition) is 0. The molecule has 2 saturated carbocycles. The van der Waals surface area contributed by atoms with Gasteiger partial charge in [0.05, 0.1) is 24.9 Å². The predicted octanol–water partition coefficient (Wildman–Crippen LogP) is 8.51. The Morgan fingerprint density at radius 1 is 1.00 bits per heavy atom. The van der Waals surface area contributed by atoms with Gasteiger partial charge in [0.15, 0.2) is 0 Å². The molecule has 0 aromatic heterocycles. The van der Waals surface area contributed by atoms with E-state index in [4.69, 9.17) is 9.47 Å². The first-order valence-electron chi connectivity index (χ1n) is 12.3. The van der Waals surface area contributed by atoms with Gasteiger partial charge in [0.1, 0.15) is 0 Å². The highest BCUT2D eigenvalue weighted by Gasteiger charge is 2.43. The predicted molar refractivity (Wildman–Crippen MR) is 130 cm³/mol. The summed E-state index contributed by atoms with van der Waals surface area (Å²) < 4.78 is 10.3. The molecule has 2 heterocycles. The van der Waals surface area contributed by atoms with Gasteiger partial charge in [-0.3, -0.25) is 0 Å². The van der Waals surface area contributed by atoms with E-state index in [1.54, 1.807) is 6.08 Å². The zero-order valence-corrected chi connectivity index (χ0v) is 20.9. The van der Waals surface area contributed by atoms with Gasteiger partial charge in [-0.1, -0.05) is 65.0 Å². The van der Waals surface area contributed by atoms with E-state index in [-0.39, 0.29) is 0 Å². The van der Waals surface area contributed by atoms with E-state index in [2.05, 4.69) is 40.9 Å². The van der Waals surface area contributed by atoms with Crippen molar-refractivity contribution in [3.8, 4) is 0 Å². The van der Waals surface area contributed by atoms with Crippen LogP contribution in [0.1, 0.15) is 113 Å². The van der Waals surface area contributed by atoms with E-state index in [1.807, 2.05) is 20.8 Å². The van der Waals surface area contributed by atoms with Crippen molar-refractivity contribution in [2.45, 2.75) is 131 Å². The molecule has 0 bridgehead atoms. The minimum atomic E-state index is 0.634. The molecule has 0 aromatic carbocycles. The molecule has 2 aliphatic heterocycles. The zero-order valence-electron chi connectivity index (χ0n) is 20.9. The van der Waals surface area contributed by atoms with Crippen LogP contribution in [-0.2, 0) is 9.47 Å². The molecular formula is C27H52O2. The van der Waals surface area contributed by atoms with Crippen LogP contribution in [0.15, 0.2) is 24.8 Å². The van der Waals surface area contributed by atoms with E-state index in [1.165, 1.54) is 69.8 Å². The minimum absolute atomic E-state index is 0.634. The smallest absolute Gasteiger partial charge is 0.0844 e. The normalized spacial score (nSPS) is 29.1. The molecule has 0 amide bonds. The molecule has 29 heavy (non-hydrogen) atoms. The van der Waals surface area contributed by atoms with Gasteiger partial charge in [0, 0.05) is 0 Å². The average Bonchev–Trinajstić information content (AvgIpc) is 3.57. The van der Waals surface area contributed by atoms with Gasteiger partial charge in [-0.15, -0.1) is 13.2 Å². The van der Waals surface area contributed by atoms with E-state index in [0.29, 0.717) is 18.3 Å². The fourth-order valence-electron chi connectivity index (χ4n) is 3.80. The van der Waals surface area contributed by atoms with Crippen molar-refractivity contribution in [2.75, 3.05) is 6.61 Å². The molecule has 0 radical (unpaired) electrons. The fourth-order valence-corrected chi connectivity index (χ4v) is 3.80. The largest absolute Gasteiger partial charge is 0.373 e. The fraction of sp³-hybridized carbons (Fsp3) is 0.852. The maximum absolute atomic E-state index is 5.41. The Kier molecular flexibility index (Phi) is 15.8. The minimum Gasteiger partial charge on any atom is -0.373 e. The number of fused-ring (bicyclic) bond motifs is 1. The summed E-state index contributed by atoms with van der Waals surface area (Å²) in [5.74, 6) is 0.980. The zero-order chi connectivity index (χ0) is 22.3. The average molecular weight is 409 g/mol. The highest BCUT2D eigenvalue weighted by molar-refractivity contribution is 4.91. The van der Waals surface area contributed by atoms with Gasteiger partial charge in [-0.2, -0.15) is 0 Å². The molecule has 2 aliphatic carbocycles. The maximum Gasteiger partial charge on any atom is 0.0844 e. The lowest BCUT2D eigenvalue weighted by Gasteiger charge is -2.40. The summed E-state index contributed by atoms with van der Waals surface area (Å²) in [5, 5.41) is 0. The van der Waals surface area contributed by atoms with Crippen molar-refractivity contribution in [2.24, 2.45) is 11.3 Å².